The lowest BCUT2D eigenvalue weighted by atomic mass is 9.92. The van der Waals surface area contributed by atoms with Gasteiger partial charge in [0.15, 0.2) is 11.5 Å². The first-order valence-electron chi connectivity index (χ1n) is 11.9. The molecule has 1 aromatic carbocycles. The van der Waals surface area contributed by atoms with Gasteiger partial charge >= 0.3 is 0 Å². The highest BCUT2D eigenvalue weighted by atomic mass is 16.2. The van der Waals surface area contributed by atoms with Gasteiger partial charge in [-0.25, -0.2) is 4.98 Å². The largest absolute Gasteiger partial charge is 0.334 e. The standard InChI is InChI=1S/C27H33N3O2/c1-3-29(20(2)18-21-12-6-4-7-13-21)27(32)25-26(22-14-8-5-9-15-22)30(19-28-25)23-16-10-11-17-24(23)31/h4-8,12-14,19-20,23H,3,9-11,15-18H2,1-2H3/t20-,23+/m0/s1. The minimum Gasteiger partial charge on any atom is -0.334 e. The lowest BCUT2D eigenvalue weighted by molar-refractivity contribution is -0.123. The molecule has 0 bridgehead atoms. The third-order valence-corrected chi connectivity index (χ3v) is 6.68. The molecule has 0 radical (unpaired) electrons. The van der Waals surface area contributed by atoms with Gasteiger partial charge in [0.25, 0.3) is 5.91 Å². The first kappa shape index (κ1) is 22.3. The summed E-state index contributed by atoms with van der Waals surface area (Å²) in [6.07, 6.45) is 14.0. The van der Waals surface area contributed by atoms with E-state index in [1.165, 1.54) is 5.56 Å². The van der Waals surface area contributed by atoms with E-state index in [9.17, 15) is 9.59 Å². The number of benzene rings is 1. The zero-order valence-electron chi connectivity index (χ0n) is 19.2. The van der Waals surface area contributed by atoms with E-state index in [1.54, 1.807) is 6.33 Å². The molecule has 0 unspecified atom stereocenters. The Morgan fingerprint density at radius 3 is 2.72 bits per heavy atom. The first-order valence-corrected chi connectivity index (χ1v) is 11.9. The van der Waals surface area contributed by atoms with Crippen molar-refractivity contribution in [2.45, 2.75) is 70.9 Å². The molecule has 2 atom stereocenters. The van der Waals surface area contributed by atoms with E-state index in [-0.39, 0.29) is 23.8 Å². The second-order valence-corrected chi connectivity index (χ2v) is 8.87. The number of ketones is 1. The molecule has 2 aromatic rings. The molecule has 1 heterocycles. The molecule has 1 aromatic heterocycles. The summed E-state index contributed by atoms with van der Waals surface area (Å²) in [4.78, 5) is 33.0. The second kappa shape index (κ2) is 10.1. The third-order valence-electron chi connectivity index (χ3n) is 6.68. The van der Waals surface area contributed by atoms with Crippen LogP contribution in [0.3, 0.4) is 0 Å². The average Bonchev–Trinajstić information content (AvgIpc) is 3.26. The van der Waals surface area contributed by atoms with Crippen molar-refractivity contribution in [1.29, 1.82) is 0 Å². The van der Waals surface area contributed by atoms with E-state index in [2.05, 4.69) is 36.2 Å². The van der Waals surface area contributed by atoms with Crippen molar-refractivity contribution in [3.63, 3.8) is 0 Å². The van der Waals surface area contributed by atoms with Crippen LogP contribution in [0.5, 0.6) is 0 Å². The van der Waals surface area contributed by atoms with Gasteiger partial charge in [0, 0.05) is 19.0 Å². The Morgan fingerprint density at radius 1 is 1.22 bits per heavy atom. The molecule has 0 aliphatic heterocycles. The molecular formula is C27H33N3O2. The molecular weight excluding hydrogens is 398 g/mol. The predicted octanol–water partition coefficient (Wildman–Crippen LogP) is 5.39. The molecule has 32 heavy (non-hydrogen) atoms. The molecule has 1 saturated carbocycles. The summed E-state index contributed by atoms with van der Waals surface area (Å²) >= 11 is 0. The fourth-order valence-electron chi connectivity index (χ4n) is 4.99. The minimum absolute atomic E-state index is 0.0458. The van der Waals surface area contributed by atoms with Gasteiger partial charge in [-0.2, -0.15) is 0 Å². The van der Waals surface area contributed by atoms with Crippen molar-refractivity contribution in [2.24, 2.45) is 0 Å². The average molecular weight is 432 g/mol. The van der Waals surface area contributed by atoms with E-state index in [4.69, 9.17) is 0 Å². The number of imidazole rings is 1. The van der Waals surface area contributed by atoms with Gasteiger partial charge in [0.2, 0.25) is 0 Å². The Hall–Kier alpha value is -2.95. The van der Waals surface area contributed by atoms with Crippen molar-refractivity contribution in [3.8, 4) is 0 Å². The maximum atomic E-state index is 13.8. The molecule has 0 spiro atoms. The van der Waals surface area contributed by atoms with Gasteiger partial charge in [0.1, 0.15) is 0 Å². The van der Waals surface area contributed by atoms with Crippen LogP contribution in [0.1, 0.15) is 80.2 Å². The number of allylic oxidation sites excluding steroid dienone is 4. The number of rotatable bonds is 7. The van der Waals surface area contributed by atoms with Crippen LogP contribution in [0.15, 0.2) is 54.9 Å². The highest BCUT2D eigenvalue weighted by Gasteiger charge is 2.32. The van der Waals surface area contributed by atoms with E-state index >= 15 is 0 Å². The van der Waals surface area contributed by atoms with Gasteiger partial charge in [-0.3, -0.25) is 9.59 Å². The van der Waals surface area contributed by atoms with Crippen LogP contribution in [0, 0.1) is 0 Å². The maximum Gasteiger partial charge on any atom is 0.274 e. The van der Waals surface area contributed by atoms with Crippen molar-refractivity contribution < 1.29 is 9.59 Å². The Balaban J connectivity index is 1.68. The number of carbonyl (C=O) groups excluding carboxylic acids is 2. The second-order valence-electron chi connectivity index (χ2n) is 8.87. The normalized spacial score (nSPS) is 19.5. The van der Waals surface area contributed by atoms with Gasteiger partial charge in [-0.1, -0.05) is 55.0 Å². The molecule has 5 nitrogen and oxygen atoms in total. The fraction of sp³-hybridized carbons (Fsp3) is 0.444. The van der Waals surface area contributed by atoms with Crippen LogP contribution in [0.2, 0.25) is 0 Å². The molecule has 0 N–H and O–H groups in total. The Labute approximate surface area is 190 Å². The number of hydrogen-bond acceptors (Lipinski definition) is 3. The number of amides is 1. The summed E-state index contributed by atoms with van der Waals surface area (Å²) in [7, 11) is 0. The van der Waals surface area contributed by atoms with Crippen LogP contribution < -0.4 is 0 Å². The number of likely N-dealkylation sites (N-methyl/N-ethyl adjacent to an activating group) is 1. The van der Waals surface area contributed by atoms with Crippen LogP contribution in [0.25, 0.3) is 5.57 Å². The highest BCUT2D eigenvalue weighted by molar-refractivity contribution is 5.97. The van der Waals surface area contributed by atoms with Gasteiger partial charge in [-0.05, 0) is 57.1 Å². The van der Waals surface area contributed by atoms with E-state index in [1.807, 2.05) is 40.7 Å². The zero-order valence-corrected chi connectivity index (χ0v) is 19.2. The molecule has 168 valence electrons. The lowest BCUT2D eigenvalue weighted by Crippen LogP contribution is -2.40. The Kier molecular flexibility index (Phi) is 7.03. The summed E-state index contributed by atoms with van der Waals surface area (Å²) in [5, 5.41) is 0. The van der Waals surface area contributed by atoms with Crippen LogP contribution >= 0.6 is 0 Å². The number of carbonyl (C=O) groups is 2. The van der Waals surface area contributed by atoms with E-state index < -0.39 is 0 Å². The molecule has 2 aliphatic rings. The Bertz CT molecular complexity index is 1020. The molecule has 4 rings (SSSR count). The summed E-state index contributed by atoms with van der Waals surface area (Å²) in [6.45, 7) is 4.72. The van der Waals surface area contributed by atoms with Crippen LogP contribution in [0.4, 0.5) is 0 Å². The number of nitrogens with zero attached hydrogens (tertiary/aromatic N) is 3. The van der Waals surface area contributed by atoms with E-state index in [0.29, 0.717) is 18.7 Å². The molecule has 5 heteroatoms. The van der Waals surface area contributed by atoms with Gasteiger partial charge in [0.05, 0.1) is 18.1 Å². The summed E-state index contributed by atoms with van der Waals surface area (Å²) in [5.74, 6) is 0.203. The topological polar surface area (TPSA) is 55.2 Å². The number of hydrogen-bond donors (Lipinski definition) is 0. The van der Waals surface area contributed by atoms with Crippen LogP contribution in [-0.4, -0.2) is 38.7 Å². The van der Waals surface area contributed by atoms with Crippen molar-refractivity contribution in [1.82, 2.24) is 14.5 Å². The van der Waals surface area contributed by atoms with Gasteiger partial charge < -0.3 is 9.47 Å². The Morgan fingerprint density at radius 2 is 2.03 bits per heavy atom. The van der Waals surface area contributed by atoms with Crippen molar-refractivity contribution >= 4 is 17.3 Å². The maximum absolute atomic E-state index is 13.8. The number of Topliss-reactive ketones (excluding diaryl/α,β-unsaturated/α-hetero) is 1. The van der Waals surface area contributed by atoms with Crippen LogP contribution in [-0.2, 0) is 11.2 Å². The lowest BCUT2D eigenvalue weighted by Gasteiger charge is -2.29. The number of aromatic nitrogens is 2. The van der Waals surface area contributed by atoms with Crippen molar-refractivity contribution in [3.05, 3.63) is 71.8 Å². The highest BCUT2D eigenvalue weighted by Crippen LogP contribution is 2.33. The molecule has 1 fully saturated rings. The third kappa shape index (κ3) is 4.62. The molecule has 0 saturated heterocycles. The fourth-order valence-corrected chi connectivity index (χ4v) is 4.99. The van der Waals surface area contributed by atoms with E-state index in [0.717, 1.165) is 49.8 Å². The first-order chi connectivity index (χ1) is 15.6. The SMILES string of the molecule is CCN(C(=O)c1ncn([C@@H]2CCCCC2=O)c1C1=CC=CCC1)[C@@H](C)Cc1ccccc1. The summed E-state index contributed by atoms with van der Waals surface area (Å²) < 4.78 is 2.00. The predicted molar refractivity (Wildman–Crippen MR) is 127 cm³/mol. The summed E-state index contributed by atoms with van der Waals surface area (Å²) in [5.41, 5.74) is 3.63. The molecule has 1 amide bonds. The van der Waals surface area contributed by atoms with Gasteiger partial charge in [-0.15, -0.1) is 0 Å². The summed E-state index contributed by atoms with van der Waals surface area (Å²) in [6, 6.07) is 10.1. The van der Waals surface area contributed by atoms with Crippen molar-refractivity contribution in [2.75, 3.05) is 6.54 Å². The smallest absolute Gasteiger partial charge is 0.274 e. The molecule has 2 aliphatic carbocycles. The minimum atomic E-state index is -0.212. The zero-order chi connectivity index (χ0) is 22.5. The monoisotopic (exact) mass is 431 g/mol. The quantitative estimate of drug-likeness (QED) is 0.590.